The second kappa shape index (κ2) is 7.52. The van der Waals surface area contributed by atoms with Crippen molar-refractivity contribution in [2.24, 2.45) is 0 Å². The summed E-state index contributed by atoms with van der Waals surface area (Å²) in [7, 11) is -1.43. The first-order chi connectivity index (χ1) is 14.2. The third kappa shape index (κ3) is 3.38. The molecule has 5 rings (SSSR count). The Morgan fingerprint density at radius 1 is 0.828 bits per heavy atom. The largest absolute Gasteiger partial charge is 0.488 e. The van der Waals surface area contributed by atoms with Gasteiger partial charge in [0.25, 0.3) is 0 Å². The van der Waals surface area contributed by atoms with Crippen molar-refractivity contribution in [3.05, 3.63) is 96.5 Å². The number of benzene rings is 3. The highest BCUT2D eigenvalue weighted by molar-refractivity contribution is 7.25. The quantitative estimate of drug-likeness (QED) is 0.450. The Bertz CT molecular complexity index is 1230. The van der Waals surface area contributed by atoms with Crippen LogP contribution in [0.25, 0.3) is 20.2 Å². The van der Waals surface area contributed by atoms with Gasteiger partial charge in [0, 0.05) is 31.5 Å². The van der Waals surface area contributed by atoms with Crippen LogP contribution in [0, 0.1) is 0 Å². The average Bonchev–Trinajstić information content (AvgIpc) is 3.13. The van der Waals surface area contributed by atoms with Gasteiger partial charge in [0.05, 0.1) is 6.04 Å². The Balaban J connectivity index is 1.62. The van der Waals surface area contributed by atoms with Crippen molar-refractivity contribution in [1.82, 2.24) is 0 Å². The normalized spacial score (nSPS) is 16.2. The number of thiophene rings is 1. The molecule has 142 valence electrons. The van der Waals surface area contributed by atoms with Crippen molar-refractivity contribution in [1.29, 1.82) is 0 Å². The van der Waals surface area contributed by atoms with Gasteiger partial charge in [-0.05, 0) is 48.3 Å². The number of hydrogen-bond donors (Lipinski definition) is 2. The maximum absolute atomic E-state index is 9.45. The van der Waals surface area contributed by atoms with Crippen LogP contribution in [0.5, 0.6) is 0 Å². The number of hydrogen-bond acceptors (Lipinski definition) is 4. The Hall–Kier alpha value is -2.86. The zero-order valence-corrected chi connectivity index (χ0v) is 16.6. The van der Waals surface area contributed by atoms with Crippen LogP contribution in [0.2, 0.25) is 0 Å². The van der Waals surface area contributed by atoms with Crippen molar-refractivity contribution in [3.63, 3.8) is 0 Å². The molecule has 3 aromatic carbocycles. The van der Waals surface area contributed by atoms with Gasteiger partial charge in [0.1, 0.15) is 0 Å². The molecule has 4 aromatic rings. The van der Waals surface area contributed by atoms with E-state index >= 15 is 0 Å². The van der Waals surface area contributed by atoms with Gasteiger partial charge in [-0.2, -0.15) is 0 Å². The summed E-state index contributed by atoms with van der Waals surface area (Å²) in [6.07, 6.45) is 6.48. The molecular weight excluding hydrogens is 377 g/mol. The van der Waals surface area contributed by atoms with Gasteiger partial charge >= 0.3 is 7.12 Å². The minimum atomic E-state index is -1.43. The van der Waals surface area contributed by atoms with Gasteiger partial charge in [0.15, 0.2) is 0 Å². The molecule has 0 fully saturated rings. The minimum Gasteiger partial charge on any atom is -0.423 e. The predicted octanol–water partition coefficient (Wildman–Crippen LogP) is 5.46. The van der Waals surface area contributed by atoms with E-state index in [1.165, 1.54) is 20.2 Å². The fourth-order valence-corrected chi connectivity index (χ4v) is 5.08. The van der Waals surface area contributed by atoms with E-state index in [1.807, 2.05) is 41.7 Å². The first-order valence-corrected chi connectivity index (χ1v) is 10.5. The van der Waals surface area contributed by atoms with E-state index in [0.29, 0.717) is 11.9 Å². The van der Waals surface area contributed by atoms with E-state index in [1.54, 1.807) is 0 Å². The van der Waals surface area contributed by atoms with Gasteiger partial charge in [-0.25, -0.2) is 0 Å². The van der Waals surface area contributed by atoms with E-state index in [-0.39, 0.29) is 6.04 Å². The fraction of sp³-hybridized carbons (Fsp3) is 0.0833. The molecule has 2 N–H and O–H groups in total. The Labute approximate surface area is 174 Å². The number of para-hydroxylation sites is 1. The topological polar surface area (TPSA) is 43.7 Å². The van der Waals surface area contributed by atoms with Crippen LogP contribution in [0.3, 0.4) is 0 Å². The third-order valence-electron chi connectivity index (χ3n) is 5.41. The second-order valence-corrected chi connectivity index (χ2v) is 8.31. The van der Waals surface area contributed by atoms with E-state index < -0.39 is 7.12 Å². The van der Waals surface area contributed by atoms with Crippen LogP contribution in [0.1, 0.15) is 6.42 Å². The molecule has 0 radical (unpaired) electrons. The lowest BCUT2D eigenvalue weighted by Crippen LogP contribution is -2.31. The number of rotatable bonds is 4. The fourth-order valence-electron chi connectivity index (χ4n) is 3.99. The first kappa shape index (κ1) is 18.2. The molecule has 1 aromatic heterocycles. The number of allylic oxidation sites excluding steroid dienone is 2. The molecule has 0 spiro atoms. The van der Waals surface area contributed by atoms with E-state index in [4.69, 9.17) is 0 Å². The Morgan fingerprint density at radius 2 is 1.59 bits per heavy atom. The standard InChI is InChI=1S/C24H20BNO2S/c27-25(28)17-10-12-19(13-11-17)26(18-6-2-1-3-7-18)20-14-15-24-22(16-20)21-8-4-5-9-23(21)29-24/h1-12,14-16,19,27-28H,13H2. The van der Waals surface area contributed by atoms with Crippen LogP contribution < -0.4 is 4.90 Å². The highest BCUT2D eigenvalue weighted by atomic mass is 32.1. The number of nitrogens with zero attached hydrogens (tertiary/aromatic N) is 1. The number of anilines is 2. The van der Waals surface area contributed by atoms with Crippen molar-refractivity contribution in [2.45, 2.75) is 12.5 Å². The SMILES string of the molecule is OB(O)C1=CCC(N(c2ccccc2)c2ccc3sc4ccccc4c3c2)C=C1. The van der Waals surface area contributed by atoms with Crippen LogP contribution in [0.15, 0.2) is 96.5 Å². The monoisotopic (exact) mass is 397 g/mol. The molecule has 1 unspecified atom stereocenters. The lowest BCUT2D eigenvalue weighted by molar-refractivity contribution is 0.420. The smallest absolute Gasteiger partial charge is 0.423 e. The van der Waals surface area contributed by atoms with Gasteiger partial charge in [-0.15, -0.1) is 11.3 Å². The van der Waals surface area contributed by atoms with Gasteiger partial charge < -0.3 is 14.9 Å². The second-order valence-electron chi connectivity index (χ2n) is 7.22. The molecule has 29 heavy (non-hydrogen) atoms. The predicted molar refractivity (Wildman–Crippen MR) is 124 cm³/mol. The molecular formula is C24H20BNO2S. The molecule has 1 atom stereocenters. The molecule has 3 nitrogen and oxygen atoms in total. The minimum absolute atomic E-state index is 0.0993. The van der Waals surface area contributed by atoms with Gasteiger partial charge in [0.2, 0.25) is 0 Å². The molecule has 0 aliphatic heterocycles. The molecule has 0 bridgehead atoms. The molecule has 1 aliphatic rings. The van der Waals surface area contributed by atoms with Crippen molar-refractivity contribution in [2.75, 3.05) is 4.90 Å². The summed E-state index contributed by atoms with van der Waals surface area (Å²) in [6.45, 7) is 0. The van der Waals surface area contributed by atoms with Crippen LogP contribution >= 0.6 is 11.3 Å². The summed E-state index contributed by atoms with van der Waals surface area (Å²) in [5, 5.41) is 21.5. The van der Waals surface area contributed by atoms with E-state index in [9.17, 15) is 10.0 Å². The lowest BCUT2D eigenvalue weighted by Gasteiger charge is -2.33. The van der Waals surface area contributed by atoms with Crippen molar-refractivity contribution in [3.8, 4) is 0 Å². The third-order valence-corrected chi connectivity index (χ3v) is 6.56. The molecule has 5 heteroatoms. The first-order valence-electron chi connectivity index (χ1n) is 9.71. The molecule has 1 aliphatic carbocycles. The maximum Gasteiger partial charge on any atom is 0.488 e. The van der Waals surface area contributed by atoms with Crippen LogP contribution in [-0.2, 0) is 0 Å². The van der Waals surface area contributed by atoms with Crippen molar-refractivity contribution >= 4 is 50.0 Å². The Kier molecular flexibility index (Phi) is 4.72. The van der Waals surface area contributed by atoms with Crippen LogP contribution in [-0.4, -0.2) is 23.2 Å². The van der Waals surface area contributed by atoms with E-state index in [0.717, 1.165) is 11.4 Å². The summed E-state index contributed by atoms with van der Waals surface area (Å²) in [4.78, 5) is 2.32. The zero-order valence-electron chi connectivity index (χ0n) is 15.8. The average molecular weight is 397 g/mol. The Morgan fingerprint density at radius 3 is 2.34 bits per heavy atom. The van der Waals surface area contributed by atoms with Gasteiger partial charge in [-0.3, -0.25) is 0 Å². The summed E-state index contributed by atoms with van der Waals surface area (Å²) >= 11 is 1.82. The number of fused-ring (bicyclic) bond motifs is 3. The molecule has 0 amide bonds. The summed E-state index contributed by atoms with van der Waals surface area (Å²) in [5.41, 5.74) is 2.79. The summed E-state index contributed by atoms with van der Waals surface area (Å²) < 4.78 is 2.58. The summed E-state index contributed by atoms with van der Waals surface area (Å²) in [5.74, 6) is 0. The summed E-state index contributed by atoms with van der Waals surface area (Å²) in [6, 6.07) is 25.6. The molecule has 0 saturated carbocycles. The zero-order chi connectivity index (χ0) is 19.8. The van der Waals surface area contributed by atoms with Crippen molar-refractivity contribution < 1.29 is 10.0 Å². The molecule has 0 saturated heterocycles. The molecule has 1 heterocycles. The van der Waals surface area contributed by atoms with Crippen LogP contribution in [0.4, 0.5) is 11.4 Å². The highest BCUT2D eigenvalue weighted by Crippen LogP contribution is 2.39. The van der Waals surface area contributed by atoms with E-state index in [2.05, 4.69) is 65.6 Å². The lowest BCUT2D eigenvalue weighted by atomic mass is 9.76. The van der Waals surface area contributed by atoms with Gasteiger partial charge in [-0.1, -0.05) is 54.6 Å². The highest BCUT2D eigenvalue weighted by Gasteiger charge is 2.23. The maximum atomic E-state index is 9.45.